The van der Waals surface area contributed by atoms with E-state index in [4.69, 9.17) is 24.7 Å². The highest BCUT2D eigenvalue weighted by Crippen LogP contribution is 2.48. The molecule has 7 rings (SSSR count). The van der Waals surface area contributed by atoms with E-state index in [0.717, 1.165) is 22.3 Å². The first kappa shape index (κ1) is 25.9. The maximum atomic E-state index is 7.11. The zero-order valence-corrected chi connectivity index (χ0v) is 22.9. The highest BCUT2D eigenvalue weighted by Gasteiger charge is 2.56. The Balaban J connectivity index is 1.28. The van der Waals surface area contributed by atoms with Crippen LogP contribution in [0.15, 0.2) is 104 Å². The van der Waals surface area contributed by atoms with E-state index >= 15 is 0 Å². The summed E-state index contributed by atoms with van der Waals surface area (Å²) >= 11 is 0. The Morgan fingerprint density at radius 1 is 0.829 bits per heavy atom. The fourth-order valence-corrected chi connectivity index (χ4v) is 6.24. The predicted molar refractivity (Wildman–Crippen MR) is 155 cm³/mol. The van der Waals surface area contributed by atoms with Gasteiger partial charge in [-0.3, -0.25) is 0 Å². The van der Waals surface area contributed by atoms with E-state index in [0.29, 0.717) is 16.9 Å². The molecular formula is C33H32N4O4. The molecule has 0 amide bonds. The van der Waals surface area contributed by atoms with Crippen LogP contribution in [0.4, 0.5) is 5.82 Å². The molecule has 0 radical (unpaired) electrons. The average molecular weight is 549 g/mol. The lowest BCUT2D eigenvalue weighted by atomic mass is 9.80. The number of nitrogens with two attached hydrogens (primary N) is 1. The lowest BCUT2D eigenvalue weighted by molar-refractivity contribution is -0.196. The van der Waals surface area contributed by atoms with Gasteiger partial charge < -0.3 is 29.7 Å². The molecule has 0 unspecified atom stereocenters. The van der Waals surface area contributed by atoms with Gasteiger partial charge in [-0.05, 0) is 30.5 Å². The zero-order valence-electron chi connectivity index (χ0n) is 22.9. The van der Waals surface area contributed by atoms with Gasteiger partial charge in [0, 0.05) is 11.8 Å². The molecule has 2 aliphatic heterocycles. The Hall–Kier alpha value is -4.08. The number of nitrogens with one attached hydrogen (secondary N) is 1. The van der Waals surface area contributed by atoms with Crippen LogP contribution >= 0.6 is 0 Å². The van der Waals surface area contributed by atoms with Crippen molar-refractivity contribution in [3.05, 3.63) is 126 Å². The van der Waals surface area contributed by atoms with Gasteiger partial charge in [0.2, 0.25) is 0 Å². The quantitative estimate of drug-likeness (QED) is 0.259. The minimum absolute atomic E-state index is 0.259. The normalized spacial score (nSPS) is 23.6. The van der Waals surface area contributed by atoms with E-state index in [9.17, 15) is 0 Å². The topological polar surface area (TPSA) is 105 Å². The third kappa shape index (κ3) is 4.40. The van der Waals surface area contributed by atoms with E-state index in [2.05, 4.69) is 51.4 Å². The van der Waals surface area contributed by atoms with Crippen molar-refractivity contribution in [2.75, 3.05) is 12.3 Å². The van der Waals surface area contributed by atoms with Gasteiger partial charge >= 0.3 is 0 Å². The average Bonchev–Trinajstić information content (AvgIpc) is 3.67. The van der Waals surface area contributed by atoms with Crippen LogP contribution < -0.4 is 5.73 Å². The summed E-state index contributed by atoms with van der Waals surface area (Å²) in [5.41, 5.74) is 10.5. The van der Waals surface area contributed by atoms with Crippen LogP contribution in [-0.2, 0) is 24.5 Å². The fourth-order valence-electron chi connectivity index (χ4n) is 6.24. The lowest BCUT2D eigenvalue weighted by Gasteiger charge is -2.37. The maximum absolute atomic E-state index is 7.11. The molecule has 8 nitrogen and oxygen atoms in total. The third-order valence-electron chi connectivity index (χ3n) is 7.98. The number of anilines is 1. The number of H-pyrrole nitrogens is 1. The van der Waals surface area contributed by atoms with Crippen molar-refractivity contribution in [2.24, 2.45) is 0 Å². The molecule has 2 fully saturated rings. The van der Waals surface area contributed by atoms with Crippen LogP contribution in [0.5, 0.6) is 0 Å². The monoisotopic (exact) mass is 548 g/mol. The molecule has 3 aromatic carbocycles. The molecule has 208 valence electrons. The first-order valence-corrected chi connectivity index (χ1v) is 13.9. The van der Waals surface area contributed by atoms with Gasteiger partial charge in [0.15, 0.2) is 11.6 Å². The number of aromatic nitrogens is 3. The van der Waals surface area contributed by atoms with Gasteiger partial charge in [-0.25, -0.2) is 9.97 Å². The van der Waals surface area contributed by atoms with Crippen molar-refractivity contribution >= 4 is 16.9 Å². The zero-order chi connectivity index (χ0) is 28.0. The van der Waals surface area contributed by atoms with Gasteiger partial charge in [0.05, 0.1) is 12.1 Å². The Morgan fingerprint density at radius 3 is 1.98 bits per heavy atom. The minimum Gasteiger partial charge on any atom is -0.382 e. The second kappa shape index (κ2) is 10.1. The number of aromatic amines is 1. The number of rotatable bonds is 7. The Bertz CT molecular complexity index is 1550. The Kier molecular flexibility index (Phi) is 6.36. The Morgan fingerprint density at radius 2 is 1.39 bits per heavy atom. The summed E-state index contributed by atoms with van der Waals surface area (Å²) in [6.45, 7) is 4.12. The number of nitrogens with zero attached hydrogens (tertiary/aromatic N) is 2. The second-order valence-electron chi connectivity index (χ2n) is 11.0. The molecule has 8 heteroatoms. The molecular weight excluding hydrogens is 516 g/mol. The van der Waals surface area contributed by atoms with Gasteiger partial charge in [0.1, 0.15) is 41.9 Å². The number of hydrogen-bond donors (Lipinski definition) is 2. The third-order valence-corrected chi connectivity index (χ3v) is 7.98. The summed E-state index contributed by atoms with van der Waals surface area (Å²) < 4.78 is 26.7. The SMILES string of the molecule is CC1(C)O[C@@H]2[C@H](O1)[C@@H](COC(c1ccccc1)(c1ccccc1)c1ccccc1)O[C@@H]2c1c[nH]c2c(N)ncnc12. The van der Waals surface area contributed by atoms with Crippen LogP contribution in [0.2, 0.25) is 0 Å². The maximum Gasteiger partial charge on any atom is 0.164 e. The van der Waals surface area contributed by atoms with Crippen LogP contribution in [0.1, 0.15) is 42.2 Å². The number of ether oxygens (including phenoxy) is 4. The lowest BCUT2D eigenvalue weighted by Crippen LogP contribution is -2.39. The van der Waals surface area contributed by atoms with Crippen molar-refractivity contribution in [3.8, 4) is 0 Å². The standard InChI is InChI=1S/C33H32N4O4/c1-32(2)40-29-25(39-28(30(29)41-32)24-18-35-27-26(24)36-20-37-31(27)34)19-38-33(21-12-6-3-7-13-21,22-14-8-4-9-15-22)23-16-10-5-11-17-23/h3-18,20,25,28-30,35H,19H2,1-2H3,(H2,34,36,37)/t25-,28-,29-,30+/m1/s1. The molecule has 2 saturated heterocycles. The molecule has 2 aliphatic rings. The van der Waals surface area contributed by atoms with Crippen molar-refractivity contribution in [2.45, 2.75) is 49.7 Å². The van der Waals surface area contributed by atoms with E-state index in [1.807, 2.05) is 74.6 Å². The van der Waals surface area contributed by atoms with Gasteiger partial charge in [-0.15, -0.1) is 0 Å². The van der Waals surface area contributed by atoms with Crippen molar-refractivity contribution in [3.63, 3.8) is 0 Å². The summed E-state index contributed by atoms with van der Waals surface area (Å²) in [6, 6.07) is 30.9. The van der Waals surface area contributed by atoms with E-state index in [1.54, 1.807) is 0 Å². The first-order valence-electron chi connectivity index (χ1n) is 13.9. The molecule has 0 saturated carbocycles. The largest absolute Gasteiger partial charge is 0.382 e. The van der Waals surface area contributed by atoms with Crippen LogP contribution in [-0.4, -0.2) is 45.7 Å². The summed E-state index contributed by atoms with van der Waals surface area (Å²) in [7, 11) is 0. The summed E-state index contributed by atoms with van der Waals surface area (Å²) in [4.78, 5) is 11.8. The highest BCUT2D eigenvalue weighted by atomic mass is 16.8. The van der Waals surface area contributed by atoms with Crippen molar-refractivity contribution < 1.29 is 18.9 Å². The van der Waals surface area contributed by atoms with Gasteiger partial charge in [0.25, 0.3) is 0 Å². The summed E-state index contributed by atoms with van der Waals surface area (Å²) in [6.07, 6.45) is 1.79. The highest BCUT2D eigenvalue weighted by molar-refractivity contribution is 5.87. The Labute approximate surface area is 238 Å². The molecule has 4 atom stereocenters. The second-order valence-corrected chi connectivity index (χ2v) is 11.0. The summed E-state index contributed by atoms with van der Waals surface area (Å²) in [5.74, 6) is -0.386. The number of hydrogen-bond acceptors (Lipinski definition) is 7. The van der Waals surface area contributed by atoms with E-state index < -0.39 is 23.6 Å². The molecule has 3 N–H and O–H groups in total. The summed E-state index contributed by atoms with van der Waals surface area (Å²) in [5, 5.41) is 0. The minimum atomic E-state index is -0.877. The molecule has 0 aliphatic carbocycles. The van der Waals surface area contributed by atoms with Gasteiger partial charge in [-0.1, -0.05) is 91.0 Å². The fraction of sp³-hybridized carbons (Fsp3) is 0.273. The number of nitrogen functional groups attached to an aromatic ring is 1. The van der Waals surface area contributed by atoms with Crippen LogP contribution in [0, 0.1) is 0 Å². The van der Waals surface area contributed by atoms with Crippen LogP contribution in [0.3, 0.4) is 0 Å². The van der Waals surface area contributed by atoms with E-state index in [-0.39, 0.29) is 18.8 Å². The molecule has 41 heavy (non-hydrogen) atoms. The number of fused-ring (bicyclic) bond motifs is 2. The van der Waals surface area contributed by atoms with Gasteiger partial charge in [-0.2, -0.15) is 0 Å². The first-order chi connectivity index (χ1) is 20.0. The molecule has 0 bridgehead atoms. The molecule has 5 aromatic rings. The smallest absolute Gasteiger partial charge is 0.164 e. The molecule has 0 spiro atoms. The molecule has 4 heterocycles. The predicted octanol–water partition coefficient (Wildman–Crippen LogP) is 5.51. The van der Waals surface area contributed by atoms with Crippen molar-refractivity contribution in [1.29, 1.82) is 0 Å². The van der Waals surface area contributed by atoms with Crippen molar-refractivity contribution in [1.82, 2.24) is 15.0 Å². The molecule has 2 aromatic heterocycles. The number of benzene rings is 3. The van der Waals surface area contributed by atoms with Crippen LogP contribution in [0.25, 0.3) is 11.0 Å². The van der Waals surface area contributed by atoms with E-state index in [1.165, 1.54) is 6.33 Å².